The van der Waals surface area contributed by atoms with Gasteiger partial charge < -0.3 is 9.58 Å². The van der Waals surface area contributed by atoms with Crippen molar-refractivity contribution in [2.24, 2.45) is 7.05 Å². The molecule has 0 unspecified atom stereocenters. The number of nitriles is 1. The normalized spacial score (nSPS) is 9.59. The van der Waals surface area contributed by atoms with Crippen LogP contribution in [0.5, 0.6) is 11.5 Å². The number of rotatable bonds is 3. The molecule has 0 saturated heterocycles. The second-order valence-electron chi connectivity index (χ2n) is 5.46. The highest BCUT2D eigenvalue weighted by molar-refractivity contribution is 5.53. The first-order chi connectivity index (χ1) is 14.0. The van der Waals surface area contributed by atoms with Gasteiger partial charge in [-0.2, -0.15) is 5.26 Å². The van der Waals surface area contributed by atoms with Gasteiger partial charge >= 0.3 is 5.69 Å². The lowest BCUT2D eigenvalue weighted by Gasteiger charge is -2.12. The van der Waals surface area contributed by atoms with Crippen molar-refractivity contribution in [1.82, 2.24) is 9.13 Å². The summed E-state index contributed by atoms with van der Waals surface area (Å²) in [6, 6.07) is 13.2. The number of nitrogens with zero attached hydrogens (tertiary/aromatic N) is 4. The van der Waals surface area contributed by atoms with E-state index in [1.54, 1.807) is 30.3 Å². The summed E-state index contributed by atoms with van der Waals surface area (Å²) in [7, 11) is 1.30. The molecule has 0 amide bonds. The van der Waals surface area contributed by atoms with E-state index in [-0.39, 0.29) is 22.8 Å². The van der Waals surface area contributed by atoms with Gasteiger partial charge in [0, 0.05) is 12.1 Å². The van der Waals surface area contributed by atoms with E-state index in [4.69, 9.17) is 11.3 Å². The Kier molecular flexibility index (Phi) is 6.67. The molecule has 1 heterocycles. The first-order valence-corrected chi connectivity index (χ1v) is 8.63. The van der Waals surface area contributed by atoms with Gasteiger partial charge in [-0.3, -0.25) is 4.79 Å². The molecule has 1 aromatic heterocycles. The summed E-state index contributed by atoms with van der Waals surface area (Å²) in [6.45, 7) is 11.0. The lowest BCUT2D eigenvalue weighted by Crippen LogP contribution is -2.37. The van der Waals surface area contributed by atoms with Gasteiger partial charge in [0.15, 0.2) is 0 Å². The molecule has 0 aliphatic heterocycles. The second kappa shape index (κ2) is 9.16. The van der Waals surface area contributed by atoms with Crippen LogP contribution in [0.2, 0.25) is 0 Å². The summed E-state index contributed by atoms with van der Waals surface area (Å²) in [5.74, 6) is -0.726. The first-order valence-electron chi connectivity index (χ1n) is 8.63. The minimum Gasteiger partial charge on any atom is -0.456 e. The van der Waals surface area contributed by atoms with Crippen molar-refractivity contribution >= 4 is 5.82 Å². The van der Waals surface area contributed by atoms with Crippen LogP contribution in [-0.2, 0) is 7.05 Å². The summed E-state index contributed by atoms with van der Waals surface area (Å²) < 4.78 is 21.7. The minimum atomic E-state index is -0.943. The van der Waals surface area contributed by atoms with Gasteiger partial charge in [0.2, 0.25) is 5.82 Å². The fraction of sp³-hybridized carbons (Fsp3) is 0.143. The average molecular weight is 392 g/mol. The molecule has 8 heteroatoms. The van der Waals surface area contributed by atoms with Gasteiger partial charge in [-0.15, -0.1) is 0 Å². The lowest BCUT2D eigenvalue weighted by molar-refractivity contribution is 0.477. The molecule has 0 saturated carbocycles. The zero-order valence-corrected chi connectivity index (χ0v) is 16.0. The van der Waals surface area contributed by atoms with Crippen LogP contribution < -0.4 is 16.0 Å². The van der Waals surface area contributed by atoms with Crippen molar-refractivity contribution in [1.29, 1.82) is 5.26 Å². The van der Waals surface area contributed by atoms with Crippen molar-refractivity contribution < 1.29 is 9.13 Å². The zero-order valence-electron chi connectivity index (χ0n) is 16.0. The van der Waals surface area contributed by atoms with E-state index >= 15 is 0 Å². The molecule has 0 spiro atoms. The smallest absolute Gasteiger partial charge is 0.407 e. The molecular formula is C21H17FN4O3. The van der Waals surface area contributed by atoms with Crippen molar-refractivity contribution in [3.63, 3.8) is 0 Å². The van der Waals surface area contributed by atoms with E-state index < -0.39 is 17.1 Å². The Labute approximate surface area is 166 Å². The quantitative estimate of drug-likeness (QED) is 0.633. The summed E-state index contributed by atoms with van der Waals surface area (Å²) in [6.07, 6.45) is 0. The van der Waals surface area contributed by atoms with Crippen molar-refractivity contribution in [3.8, 4) is 23.3 Å². The highest BCUT2D eigenvalue weighted by Gasteiger charge is 2.19. The molecular weight excluding hydrogens is 375 g/mol. The maximum atomic E-state index is 14.5. The second-order valence-corrected chi connectivity index (χ2v) is 5.46. The van der Waals surface area contributed by atoms with E-state index in [9.17, 15) is 19.2 Å². The average Bonchev–Trinajstić information content (AvgIpc) is 2.74. The van der Waals surface area contributed by atoms with Crippen LogP contribution in [0.4, 0.5) is 10.2 Å². The van der Waals surface area contributed by atoms with E-state index in [0.29, 0.717) is 10.3 Å². The van der Waals surface area contributed by atoms with Gasteiger partial charge in [-0.1, -0.05) is 38.6 Å². The number of aromatic nitrogens is 2. The van der Waals surface area contributed by atoms with E-state index in [1.165, 1.54) is 7.05 Å². The fourth-order valence-corrected chi connectivity index (χ4v) is 2.44. The fourth-order valence-electron chi connectivity index (χ4n) is 2.44. The van der Waals surface area contributed by atoms with Crippen LogP contribution >= 0.6 is 0 Å². The van der Waals surface area contributed by atoms with Crippen LogP contribution in [0, 0.1) is 23.7 Å². The maximum absolute atomic E-state index is 14.5. The van der Waals surface area contributed by atoms with Gasteiger partial charge in [-0.05, 0) is 18.2 Å². The highest BCUT2D eigenvalue weighted by atomic mass is 19.1. The number of hydrogen-bond acceptors (Lipinski definition) is 4. The largest absolute Gasteiger partial charge is 0.456 e. The SMILES string of the molecule is CC.[C-]#[N+]c1cc(=O)n(-c2cc(Oc3ccccc3)c(C#N)cc2F)c(=O)n1C. The monoisotopic (exact) mass is 392 g/mol. The van der Waals surface area contributed by atoms with E-state index in [2.05, 4.69) is 4.85 Å². The van der Waals surface area contributed by atoms with E-state index in [0.717, 1.165) is 22.8 Å². The first kappa shape index (κ1) is 21.1. The zero-order chi connectivity index (χ0) is 21.6. The molecule has 0 atom stereocenters. The van der Waals surface area contributed by atoms with Crippen LogP contribution in [0.1, 0.15) is 19.4 Å². The summed E-state index contributed by atoms with van der Waals surface area (Å²) in [5, 5.41) is 9.24. The molecule has 2 aromatic carbocycles. The van der Waals surface area contributed by atoms with Gasteiger partial charge in [0.25, 0.3) is 5.56 Å². The molecule has 146 valence electrons. The van der Waals surface area contributed by atoms with Gasteiger partial charge in [0.1, 0.15) is 23.4 Å². The minimum absolute atomic E-state index is 0.0108. The third-order valence-corrected chi connectivity index (χ3v) is 3.79. The molecule has 7 nitrogen and oxygen atoms in total. The summed E-state index contributed by atoms with van der Waals surface area (Å²) in [4.78, 5) is 27.8. The molecule has 0 fully saturated rings. The molecule has 3 aromatic rings. The predicted molar refractivity (Wildman–Crippen MR) is 106 cm³/mol. The Morgan fingerprint density at radius 3 is 2.38 bits per heavy atom. The van der Waals surface area contributed by atoms with E-state index in [1.807, 2.05) is 19.9 Å². The van der Waals surface area contributed by atoms with Crippen LogP contribution in [-0.4, -0.2) is 9.13 Å². The van der Waals surface area contributed by atoms with Crippen LogP contribution in [0.25, 0.3) is 10.5 Å². The van der Waals surface area contributed by atoms with Crippen LogP contribution in [0.15, 0.2) is 58.1 Å². The Bertz CT molecular complexity index is 1230. The Balaban J connectivity index is 0.00000145. The standard InChI is InChI=1S/C19H11FN4O3.C2H6/c1-22-17-10-18(25)24(19(26)23(17)2)15-9-16(12(11-21)8-14(15)20)27-13-6-4-3-5-7-13;1-2/h3-10H,2H3;1-2H3. The topological polar surface area (TPSA) is 81.4 Å². The number of halogens is 1. The molecule has 29 heavy (non-hydrogen) atoms. The van der Waals surface area contributed by atoms with Crippen molar-refractivity contribution in [3.05, 3.63) is 92.2 Å². The van der Waals surface area contributed by atoms with Gasteiger partial charge in [0.05, 0.1) is 18.3 Å². The van der Waals surface area contributed by atoms with Crippen molar-refractivity contribution in [2.45, 2.75) is 13.8 Å². The molecule has 0 aliphatic carbocycles. The molecule has 0 radical (unpaired) electrons. The van der Waals surface area contributed by atoms with Crippen LogP contribution in [0.3, 0.4) is 0 Å². The van der Waals surface area contributed by atoms with Gasteiger partial charge in [-0.25, -0.2) is 18.3 Å². The summed E-state index contributed by atoms with van der Waals surface area (Å²) >= 11 is 0. The number of ether oxygens (including phenoxy) is 1. The third kappa shape index (κ3) is 4.23. The summed E-state index contributed by atoms with van der Waals surface area (Å²) in [5.41, 5.74) is -2.22. The molecule has 0 aliphatic rings. The molecule has 3 rings (SSSR count). The van der Waals surface area contributed by atoms with Crippen molar-refractivity contribution in [2.75, 3.05) is 0 Å². The highest BCUT2D eigenvalue weighted by Crippen LogP contribution is 2.28. The maximum Gasteiger partial charge on any atom is 0.407 e. The molecule has 0 N–H and O–H groups in total. The number of benzene rings is 2. The molecule has 0 bridgehead atoms. The number of hydrogen-bond donors (Lipinski definition) is 0. The number of para-hydroxylation sites is 1. The Morgan fingerprint density at radius 2 is 1.79 bits per heavy atom. The Hall–Kier alpha value is -4.17. The third-order valence-electron chi connectivity index (χ3n) is 3.79. The predicted octanol–water partition coefficient (Wildman–Crippen LogP) is 3.92. The lowest BCUT2D eigenvalue weighted by atomic mass is 10.2. The Morgan fingerprint density at radius 1 is 1.14 bits per heavy atom.